The van der Waals surface area contributed by atoms with Gasteiger partial charge in [-0.15, -0.1) is 11.3 Å². The van der Waals surface area contributed by atoms with Crippen LogP contribution < -0.4 is 4.72 Å². The third kappa shape index (κ3) is 5.02. The van der Waals surface area contributed by atoms with Crippen molar-refractivity contribution in [1.82, 2.24) is 4.72 Å². The van der Waals surface area contributed by atoms with E-state index in [9.17, 15) is 13.5 Å². The Kier molecular flexibility index (Phi) is 5.88. The van der Waals surface area contributed by atoms with Crippen molar-refractivity contribution < 1.29 is 13.5 Å². The molecule has 1 unspecified atom stereocenters. The van der Waals surface area contributed by atoms with E-state index in [1.807, 2.05) is 73.7 Å². The van der Waals surface area contributed by atoms with Crippen molar-refractivity contribution in [3.05, 3.63) is 93.2 Å². The predicted octanol–water partition coefficient (Wildman–Crippen LogP) is 3.76. The normalized spacial score (nSPS) is 12.8. The number of benzene rings is 2. The van der Waals surface area contributed by atoms with Gasteiger partial charge in [0.15, 0.2) is 0 Å². The molecule has 6 heteroatoms. The van der Waals surface area contributed by atoms with Crippen molar-refractivity contribution in [3.8, 4) is 0 Å². The van der Waals surface area contributed by atoms with Gasteiger partial charge in [0.1, 0.15) is 6.10 Å². The summed E-state index contributed by atoms with van der Waals surface area (Å²) < 4.78 is 27.2. The highest BCUT2D eigenvalue weighted by atomic mass is 32.2. The molecule has 0 bridgehead atoms. The zero-order valence-corrected chi connectivity index (χ0v) is 16.1. The highest BCUT2D eigenvalue weighted by Crippen LogP contribution is 2.28. The van der Waals surface area contributed by atoms with Crippen molar-refractivity contribution in [3.63, 3.8) is 0 Å². The lowest BCUT2D eigenvalue weighted by Crippen LogP contribution is -2.24. The van der Waals surface area contributed by atoms with Crippen LogP contribution in [0.2, 0.25) is 0 Å². The largest absolute Gasteiger partial charge is 0.383 e. The average molecular weight is 388 g/mol. The molecule has 136 valence electrons. The van der Waals surface area contributed by atoms with Gasteiger partial charge in [-0.2, -0.15) is 0 Å². The van der Waals surface area contributed by atoms with Crippen LogP contribution >= 0.6 is 11.3 Å². The van der Waals surface area contributed by atoms with E-state index in [0.29, 0.717) is 0 Å². The summed E-state index contributed by atoms with van der Waals surface area (Å²) in [6, 6.07) is 20.6. The van der Waals surface area contributed by atoms with Gasteiger partial charge in [-0.3, -0.25) is 0 Å². The summed E-state index contributed by atoms with van der Waals surface area (Å²) >= 11 is 1.41. The van der Waals surface area contributed by atoms with Gasteiger partial charge < -0.3 is 5.11 Å². The van der Waals surface area contributed by atoms with Crippen LogP contribution in [0, 0.1) is 6.92 Å². The second-order valence-corrected chi connectivity index (χ2v) is 9.19. The van der Waals surface area contributed by atoms with Crippen LogP contribution in [0.25, 0.3) is 0 Å². The Morgan fingerprint density at radius 2 is 1.81 bits per heavy atom. The second kappa shape index (κ2) is 8.14. The maximum Gasteiger partial charge on any atom is 0.216 e. The number of hydrogen-bond acceptors (Lipinski definition) is 4. The molecule has 0 spiro atoms. The van der Waals surface area contributed by atoms with Gasteiger partial charge in [-0.1, -0.05) is 60.2 Å². The summed E-state index contributed by atoms with van der Waals surface area (Å²) in [7, 11) is -3.42. The summed E-state index contributed by atoms with van der Waals surface area (Å²) in [6.45, 7) is 2.16. The van der Waals surface area contributed by atoms with E-state index in [2.05, 4.69) is 4.72 Å². The zero-order chi connectivity index (χ0) is 18.6. The number of thiophene rings is 1. The molecule has 0 aliphatic rings. The molecule has 4 nitrogen and oxygen atoms in total. The Bertz CT molecular complexity index is 965. The minimum atomic E-state index is -3.42. The average Bonchev–Trinajstić information content (AvgIpc) is 3.09. The lowest BCUT2D eigenvalue weighted by Gasteiger charge is -2.08. The molecule has 1 aromatic heterocycles. The van der Waals surface area contributed by atoms with Crippen LogP contribution in [0.5, 0.6) is 0 Å². The smallest absolute Gasteiger partial charge is 0.216 e. The monoisotopic (exact) mass is 387 g/mol. The highest BCUT2D eigenvalue weighted by molar-refractivity contribution is 7.88. The molecule has 0 aliphatic heterocycles. The van der Waals surface area contributed by atoms with Crippen LogP contribution in [0.4, 0.5) is 0 Å². The summed E-state index contributed by atoms with van der Waals surface area (Å²) in [4.78, 5) is 1.66. The van der Waals surface area contributed by atoms with Gasteiger partial charge in [-0.25, -0.2) is 13.1 Å². The predicted molar refractivity (Wildman–Crippen MR) is 105 cm³/mol. The second-order valence-electron chi connectivity index (χ2n) is 6.19. The lowest BCUT2D eigenvalue weighted by atomic mass is 10.1. The summed E-state index contributed by atoms with van der Waals surface area (Å²) in [5.74, 6) is -0.0421. The molecular weight excluding hydrogens is 366 g/mol. The molecule has 0 saturated heterocycles. The molecule has 1 heterocycles. The SMILES string of the molecule is Cc1cccc(CS(=O)(=O)NCc2ccc(C(O)c3ccccc3)s2)c1. The number of aliphatic hydroxyl groups excluding tert-OH is 1. The van der Waals surface area contributed by atoms with Crippen molar-refractivity contribution in [1.29, 1.82) is 0 Å². The van der Waals surface area contributed by atoms with E-state index in [0.717, 1.165) is 26.4 Å². The van der Waals surface area contributed by atoms with E-state index < -0.39 is 16.1 Å². The van der Waals surface area contributed by atoms with Crippen LogP contribution in [0.3, 0.4) is 0 Å². The Morgan fingerprint density at radius 1 is 1.04 bits per heavy atom. The van der Waals surface area contributed by atoms with Gasteiger partial charge in [0.2, 0.25) is 10.0 Å². The number of sulfonamides is 1. The van der Waals surface area contributed by atoms with Gasteiger partial charge in [0.25, 0.3) is 0 Å². The number of nitrogens with one attached hydrogen (secondary N) is 1. The number of hydrogen-bond donors (Lipinski definition) is 2. The summed E-state index contributed by atoms with van der Waals surface area (Å²) in [5.41, 5.74) is 2.63. The first-order chi connectivity index (χ1) is 12.4. The molecule has 0 amide bonds. The number of rotatable bonds is 7. The molecule has 2 aromatic carbocycles. The lowest BCUT2D eigenvalue weighted by molar-refractivity contribution is 0.224. The highest BCUT2D eigenvalue weighted by Gasteiger charge is 2.15. The summed E-state index contributed by atoms with van der Waals surface area (Å²) in [6.07, 6.45) is -0.696. The minimum Gasteiger partial charge on any atom is -0.383 e. The van der Waals surface area contributed by atoms with E-state index in [4.69, 9.17) is 0 Å². The first-order valence-corrected chi connectivity index (χ1v) is 10.7. The van der Waals surface area contributed by atoms with Crippen molar-refractivity contribution in [2.75, 3.05) is 0 Å². The molecule has 0 fully saturated rings. The number of aryl methyl sites for hydroxylation is 1. The quantitative estimate of drug-likeness (QED) is 0.649. The summed E-state index contributed by atoms with van der Waals surface area (Å²) in [5, 5.41) is 10.4. The van der Waals surface area contributed by atoms with Gasteiger partial charge in [-0.05, 0) is 30.2 Å². The van der Waals surface area contributed by atoms with Crippen LogP contribution in [-0.2, 0) is 22.3 Å². The Morgan fingerprint density at radius 3 is 2.54 bits per heavy atom. The van der Waals surface area contributed by atoms with Crippen molar-refractivity contribution in [2.24, 2.45) is 0 Å². The maximum absolute atomic E-state index is 12.3. The van der Waals surface area contributed by atoms with Crippen molar-refractivity contribution in [2.45, 2.75) is 25.3 Å². The molecule has 2 N–H and O–H groups in total. The minimum absolute atomic E-state index is 0.0421. The fourth-order valence-corrected chi connectivity index (χ4v) is 4.84. The fraction of sp³-hybridized carbons (Fsp3) is 0.200. The number of aliphatic hydroxyl groups is 1. The van der Waals surface area contributed by atoms with Gasteiger partial charge >= 0.3 is 0 Å². The maximum atomic E-state index is 12.3. The first kappa shape index (κ1) is 18.8. The molecule has 3 rings (SSSR count). The zero-order valence-electron chi connectivity index (χ0n) is 14.4. The molecule has 0 aliphatic carbocycles. The van der Waals surface area contributed by atoms with Gasteiger partial charge in [0.05, 0.1) is 5.75 Å². The van der Waals surface area contributed by atoms with Crippen LogP contribution in [-0.4, -0.2) is 13.5 Å². The van der Waals surface area contributed by atoms with E-state index in [1.165, 1.54) is 11.3 Å². The molecular formula is C20H21NO3S2. The van der Waals surface area contributed by atoms with E-state index in [-0.39, 0.29) is 12.3 Å². The Labute approximate surface area is 158 Å². The first-order valence-electron chi connectivity index (χ1n) is 8.27. The third-order valence-corrected chi connectivity index (χ3v) is 6.41. The fourth-order valence-electron chi connectivity index (χ4n) is 2.69. The standard InChI is InChI=1S/C20H21NO3S2/c1-15-6-5-7-16(12-15)14-26(23,24)21-13-18-10-11-19(25-18)20(22)17-8-3-2-4-9-17/h2-12,20-22H,13-14H2,1H3. The molecule has 0 radical (unpaired) electrons. The molecule has 3 aromatic rings. The molecule has 26 heavy (non-hydrogen) atoms. The van der Waals surface area contributed by atoms with E-state index in [1.54, 1.807) is 0 Å². The van der Waals surface area contributed by atoms with Crippen molar-refractivity contribution >= 4 is 21.4 Å². The third-order valence-electron chi connectivity index (χ3n) is 3.97. The Balaban J connectivity index is 1.62. The van der Waals surface area contributed by atoms with Gasteiger partial charge in [0, 0.05) is 16.3 Å². The molecule has 1 atom stereocenters. The van der Waals surface area contributed by atoms with E-state index >= 15 is 0 Å². The topological polar surface area (TPSA) is 66.4 Å². The Hall–Kier alpha value is -1.99. The molecule has 0 saturated carbocycles. The van der Waals surface area contributed by atoms with Crippen LogP contribution in [0.15, 0.2) is 66.7 Å². The van der Waals surface area contributed by atoms with Crippen LogP contribution in [0.1, 0.15) is 32.5 Å².